The third-order valence-corrected chi connectivity index (χ3v) is 9.02. The fourth-order valence-corrected chi connectivity index (χ4v) is 7.17. The molecule has 2 aliphatic rings. The molecule has 154 valence electrons. The lowest BCUT2D eigenvalue weighted by Crippen LogP contribution is -2.51. The highest BCUT2D eigenvalue weighted by molar-refractivity contribution is 7.91. The lowest BCUT2D eigenvalue weighted by Gasteiger charge is -2.35. The van der Waals surface area contributed by atoms with E-state index in [9.17, 15) is 18.0 Å². The summed E-state index contributed by atoms with van der Waals surface area (Å²) in [5.74, 6) is -0.810. The highest BCUT2D eigenvalue weighted by Crippen LogP contribution is 2.36. The standard InChI is InChI=1S/C21H24N2O4S2/c1-15-9-11-16(12-10-15)22-19(24)14-18(21(22)25)23(17-6-3-2-4-7-17)29(26,27)20-8-5-13-28-20/h5,8-13,17-18H,2-4,6-7,14H2,1H3. The average molecular weight is 433 g/mol. The van der Waals surface area contributed by atoms with E-state index in [-0.39, 0.29) is 22.6 Å². The first-order chi connectivity index (χ1) is 13.9. The minimum atomic E-state index is -3.86. The molecule has 1 atom stereocenters. The Morgan fingerprint density at radius 2 is 1.72 bits per heavy atom. The Labute approximate surface area is 175 Å². The molecule has 1 aliphatic carbocycles. The number of sulfonamides is 1. The molecule has 2 heterocycles. The first-order valence-electron chi connectivity index (χ1n) is 9.90. The van der Waals surface area contributed by atoms with Gasteiger partial charge in [-0.15, -0.1) is 11.3 Å². The maximum absolute atomic E-state index is 13.5. The van der Waals surface area contributed by atoms with E-state index in [1.807, 2.05) is 19.1 Å². The fourth-order valence-electron chi connectivity index (χ4n) is 4.25. The lowest BCUT2D eigenvalue weighted by molar-refractivity contribution is -0.122. The summed E-state index contributed by atoms with van der Waals surface area (Å²) in [6, 6.07) is 9.15. The van der Waals surface area contributed by atoms with Gasteiger partial charge in [0.1, 0.15) is 10.3 Å². The van der Waals surface area contributed by atoms with Crippen LogP contribution in [0.5, 0.6) is 0 Å². The van der Waals surface area contributed by atoms with E-state index in [4.69, 9.17) is 0 Å². The van der Waals surface area contributed by atoms with Crippen molar-refractivity contribution in [1.82, 2.24) is 4.31 Å². The van der Waals surface area contributed by atoms with Gasteiger partial charge in [0.2, 0.25) is 5.91 Å². The van der Waals surface area contributed by atoms with Crippen molar-refractivity contribution in [3.63, 3.8) is 0 Å². The molecule has 1 saturated carbocycles. The second kappa shape index (κ2) is 8.01. The predicted octanol–water partition coefficient (Wildman–Crippen LogP) is 3.71. The van der Waals surface area contributed by atoms with Gasteiger partial charge in [-0.3, -0.25) is 9.59 Å². The number of imide groups is 1. The summed E-state index contributed by atoms with van der Waals surface area (Å²) >= 11 is 1.14. The summed E-state index contributed by atoms with van der Waals surface area (Å²) in [4.78, 5) is 27.2. The van der Waals surface area contributed by atoms with Crippen molar-refractivity contribution in [3.8, 4) is 0 Å². The van der Waals surface area contributed by atoms with Gasteiger partial charge in [0.15, 0.2) is 0 Å². The van der Waals surface area contributed by atoms with Gasteiger partial charge >= 0.3 is 0 Å². The number of amides is 2. The highest BCUT2D eigenvalue weighted by atomic mass is 32.2. The Morgan fingerprint density at radius 3 is 2.34 bits per heavy atom. The molecule has 1 unspecified atom stereocenters. The van der Waals surface area contributed by atoms with Gasteiger partial charge in [-0.2, -0.15) is 4.31 Å². The maximum atomic E-state index is 13.5. The Hall–Kier alpha value is -2.03. The molecule has 8 heteroatoms. The van der Waals surface area contributed by atoms with Crippen LogP contribution >= 0.6 is 11.3 Å². The topological polar surface area (TPSA) is 74.8 Å². The van der Waals surface area contributed by atoms with Crippen LogP contribution in [0.1, 0.15) is 44.1 Å². The number of aryl methyl sites for hydroxylation is 1. The first kappa shape index (κ1) is 20.3. The molecule has 1 aromatic carbocycles. The number of hydrogen-bond acceptors (Lipinski definition) is 5. The second-order valence-electron chi connectivity index (χ2n) is 7.68. The van der Waals surface area contributed by atoms with Crippen LogP contribution in [0.3, 0.4) is 0 Å². The van der Waals surface area contributed by atoms with Crippen molar-refractivity contribution < 1.29 is 18.0 Å². The van der Waals surface area contributed by atoms with Crippen molar-refractivity contribution in [2.75, 3.05) is 4.90 Å². The van der Waals surface area contributed by atoms with Gasteiger partial charge in [-0.05, 0) is 43.3 Å². The molecule has 0 radical (unpaired) electrons. The van der Waals surface area contributed by atoms with Crippen LogP contribution in [-0.2, 0) is 19.6 Å². The van der Waals surface area contributed by atoms with E-state index in [1.165, 1.54) is 4.31 Å². The number of thiophene rings is 1. The number of anilines is 1. The molecular formula is C21H24N2O4S2. The minimum Gasteiger partial charge on any atom is -0.274 e. The van der Waals surface area contributed by atoms with Gasteiger partial charge in [-0.25, -0.2) is 13.3 Å². The molecule has 1 aliphatic heterocycles. The molecule has 29 heavy (non-hydrogen) atoms. The third kappa shape index (κ3) is 3.76. The van der Waals surface area contributed by atoms with E-state index in [2.05, 4.69) is 0 Å². The zero-order chi connectivity index (χ0) is 20.6. The van der Waals surface area contributed by atoms with Crippen molar-refractivity contribution in [2.24, 2.45) is 0 Å². The van der Waals surface area contributed by atoms with Gasteiger partial charge in [0.25, 0.3) is 15.9 Å². The number of hydrogen-bond donors (Lipinski definition) is 0. The Balaban J connectivity index is 1.72. The van der Waals surface area contributed by atoms with Crippen molar-refractivity contribution >= 4 is 38.9 Å². The smallest absolute Gasteiger partial charge is 0.253 e. The quantitative estimate of drug-likeness (QED) is 0.675. The Kier molecular flexibility index (Phi) is 5.59. The normalized spacial score (nSPS) is 21.3. The zero-order valence-corrected chi connectivity index (χ0v) is 17.9. The molecule has 0 spiro atoms. The SMILES string of the molecule is Cc1ccc(N2C(=O)CC(N(C3CCCCC3)S(=O)(=O)c3cccs3)C2=O)cc1. The van der Waals surface area contributed by atoms with Crippen LogP contribution in [0, 0.1) is 6.92 Å². The van der Waals surface area contributed by atoms with Crippen molar-refractivity contribution in [3.05, 3.63) is 47.3 Å². The Morgan fingerprint density at radius 1 is 1.03 bits per heavy atom. The summed E-state index contributed by atoms with van der Waals surface area (Å²) in [6.45, 7) is 1.93. The first-order valence-corrected chi connectivity index (χ1v) is 12.2. The van der Waals surface area contributed by atoms with Crippen LogP contribution in [0.2, 0.25) is 0 Å². The average Bonchev–Trinajstić information content (AvgIpc) is 3.34. The summed E-state index contributed by atoms with van der Waals surface area (Å²) in [5.41, 5.74) is 1.51. The highest BCUT2D eigenvalue weighted by Gasteiger charge is 2.49. The summed E-state index contributed by atoms with van der Waals surface area (Å²) in [6.07, 6.45) is 4.24. The molecular weight excluding hydrogens is 408 g/mol. The van der Waals surface area contributed by atoms with E-state index < -0.39 is 22.0 Å². The van der Waals surface area contributed by atoms with Crippen LogP contribution in [-0.4, -0.2) is 36.6 Å². The van der Waals surface area contributed by atoms with Crippen LogP contribution in [0.4, 0.5) is 5.69 Å². The molecule has 2 amide bonds. The van der Waals surface area contributed by atoms with Gasteiger partial charge in [-0.1, -0.05) is 43.0 Å². The minimum absolute atomic E-state index is 0.117. The molecule has 2 fully saturated rings. The summed E-state index contributed by atoms with van der Waals surface area (Å²) in [7, 11) is -3.86. The zero-order valence-electron chi connectivity index (χ0n) is 16.3. The third-order valence-electron chi connectivity index (χ3n) is 5.68. The number of nitrogens with zero attached hydrogens (tertiary/aromatic N) is 2. The molecule has 0 bridgehead atoms. The van der Waals surface area contributed by atoms with Crippen molar-refractivity contribution in [2.45, 2.75) is 61.7 Å². The number of rotatable bonds is 5. The molecule has 1 saturated heterocycles. The molecule has 0 N–H and O–H groups in total. The lowest BCUT2D eigenvalue weighted by atomic mass is 9.94. The maximum Gasteiger partial charge on any atom is 0.253 e. The van der Waals surface area contributed by atoms with E-state index >= 15 is 0 Å². The van der Waals surface area contributed by atoms with Crippen LogP contribution in [0.25, 0.3) is 0 Å². The van der Waals surface area contributed by atoms with Gasteiger partial charge in [0.05, 0.1) is 12.1 Å². The number of carbonyl (C=O) groups excluding carboxylic acids is 2. The van der Waals surface area contributed by atoms with E-state index in [0.29, 0.717) is 18.5 Å². The van der Waals surface area contributed by atoms with Crippen LogP contribution in [0.15, 0.2) is 46.0 Å². The molecule has 1 aromatic heterocycles. The largest absolute Gasteiger partial charge is 0.274 e. The van der Waals surface area contributed by atoms with Gasteiger partial charge in [0, 0.05) is 6.04 Å². The van der Waals surface area contributed by atoms with Crippen molar-refractivity contribution in [1.29, 1.82) is 0 Å². The Bertz CT molecular complexity index is 994. The fraction of sp³-hybridized carbons (Fsp3) is 0.429. The monoisotopic (exact) mass is 432 g/mol. The number of benzene rings is 1. The molecule has 6 nitrogen and oxygen atoms in total. The summed E-state index contributed by atoms with van der Waals surface area (Å²) in [5, 5.41) is 1.71. The second-order valence-corrected chi connectivity index (χ2v) is 10.7. The van der Waals surface area contributed by atoms with E-state index in [1.54, 1.807) is 29.6 Å². The molecule has 4 rings (SSSR count). The predicted molar refractivity (Wildman–Crippen MR) is 112 cm³/mol. The van der Waals surface area contributed by atoms with Gasteiger partial charge < -0.3 is 0 Å². The molecule has 2 aromatic rings. The van der Waals surface area contributed by atoms with E-state index in [0.717, 1.165) is 41.1 Å². The number of carbonyl (C=O) groups is 2. The summed E-state index contributed by atoms with van der Waals surface area (Å²) < 4.78 is 28.5. The van der Waals surface area contributed by atoms with Crippen LogP contribution < -0.4 is 4.90 Å².